The second-order valence-electron chi connectivity index (χ2n) is 7.54. The molecular weight excluding hydrogens is 356 g/mol. The summed E-state index contributed by atoms with van der Waals surface area (Å²) in [5.74, 6) is 0. The smallest absolute Gasteiger partial charge is 0.113 e. The van der Waals surface area contributed by atoms with E-state index in [1.165, 1.54) is 40.2 Å². The first-order valence-electron chi connectivity index (χ1n) is 10.3. The van der Waals surface area contributed by atoms with Gasteiger partial charge in [-0.2, -0.15) is 0 Å². The molecule has 0 saturated heterocycles. The molecular formula is C25H24N4. The van der Waals surface area contributed by atoms with Gasteiger partial charge in [-0.1, -0.05) is 73.2 Å². The molecule has 0 aliphatic carbocycles. The Bertz CT molecular complexity index is 1260. The maximum Gasteiger partial charge on any atom is 0.113 e. The minimum Gasteiger partial charge on any atom is -0.340 e. The van der Waals surface area contributed by atoms with Crippen molar-refractivity contribution in [3.05, 3.63) is 84.6 Å². The molecule has 0 saturated carbocycles. The highest BCUT2D eigenvalue weighted by Crippen LogP contribution is 2.32. The Morgan fingerprint density at radius 2 is 1.62 bits per heavy atom. The lowest BCUT2D eigenvalue weighted by molar-refractivity contribution is 0.650. The maximum absolute atomic E-state index is 4.43. The second kappa shape index (κ2) is 7.55. The molecule has 5 aromatic rings. The van der Waals surface area contributed by atoms with Gasteiger partial charge in [-0.25, -0.2) is 4.68 Å². The van der Waals surface area contributed by atoms with Gasteiger partial charge in [0.05, 0.1) is 12.7 Å². The largest absolute Gasteiger partial charge is 0.340 e. The summed E-state index contributed by atoms with van der Waals surface area (Å²) in [5.41, 5.74) is 5.84. The van der Waals surface area contributed by atoms with Crippen molar-refractivity contribution in [1.82, 2.24) is 19.6 Å². The molecule has 0 unspecified atom stereocenters. The van der Waals surface area contributed by atoms with E-state index in [1.54, 1.807) is 0 Å². The predicted octanol–water partition coefficient (Wildman–Crippen LogP) is 5.90. The number of benzene rings is 3. The molecule has 0 aliphatic heterocycles. The van der Waals surface area contributed by atoms with Crippen LogP contribution in [0.2, 0.25) is 0 Å². The van der Waals surface area contributed by atoms with Crippen LogP contribution in [0.3, 0.4) is 0 Å². The fourth-order valence-corrected chi connectivity index (χ4v) is 4.05. The molecule has 5 rings (SSSR count). The van der Waals surface area contributed by atoms with Crippen LogP contribution in [0.4, 0.5) is 0 Å². The lowest BCUT2D eigenvalue weighted by Gasteiger charge is -2.06. The van der Waals surface area contributed by atoms with Crippen LogP contribution in [0.1, 0.15) is 25.3 Å². The van der Waals surface area contributed by atoms with Crippen molar-refractivity contribution in [3.63, 3.8) is 0 Å². The summed E-state index contributed by atoms with van der Waals surface area (Å²) in [6.45, 7) is 4.02. The van der Waals surface area contributed by atoms with Gasteiger partial charge >= 0.3 is 0 Å². The van der Waals surface area contributed by atoms with Crippen LogP contribution < -0.4 is 0 Å². The van der Waals surface area contributed by atoms with E-state index in [0.717, 1.165) is 24.3 Å². The first-order valence-corrected chi connectivity index (χ1v) is 10.3. The number of hydrogen-bond donors (Lipinski definition) is 0. The van der Waals surface area contributed by atoms with Gasteiger partial charge in [0.25, 0.3) is 0 Å². The minimum atomic E-state index is 0.729. The SMILES string of the molecule is CCCCn1c2ccccc2c2cc(-c3cn(Cc4ccccc4)nn3)ccc21. The summed E-state index contributed by atoms with van der Waals surface area (Å²) < 4.78 is 4.35. The first kappa shape index (κ1) is 17.7. The zero-order valence-corrected chi connectivity index (χ0v) is 16.6. The Labute approximate surface area is 170 Å². The molecule has 2 heterocycles. The number of aryl methyl sites for hydroxylation is 1. The molecule has 0 bridgehead atoms. The molecule has 4 heteroatoms. The van der Waals surface area contributed by atoms with Crippen LogP contribution in [0.15, 0.2) is 79.0 Å². The molecule has 0 atom stereocenters. The van der Waals surface area contributed by atoms with Gasteiger partial charge in [0.1, 0.15) is 5.69 Å². The molecule has 0 radical (unpaired) electrons. The average Bonchev–Trinajstić information content (AvgIpc) is 3.35. The number of hydrogen-bond acceptors (Lipinski definition) is 2. The molecule has 4 nitrogen and oxygen atoms in total. The lowest BCUT2D eigenvalue weighted by atomic mass is 10.1. The molecule has 144 valence electrons. The summed E-state index contributed by atoms with van der Waals surface area (Å²) in [5, 5.41) is 11.4. The monoisotopic (exact) mass is 380 g/mol. The third-order valence-corrected chi connectivity index (χ3v) is 5.53. The molecule has 0 fully saturated rings. The number of rotatable bonds is 6. The summed E-state index contributed by atoms with van der Waals surface area (Å²) in [6.07, 6.45) is 4.41. The van der Waals surface area contributed by atoms with E-state index in [1.807, 2.05) is 16.9 Å². The highest BCUT2D eigenvalue weighted by Gasteiger charge is 2.12. The zero-order chi connectivity index (χ0) is 19.6. The maximum atomic E-state index is 4.43. The van der Waals surface area contributed by atoms with Crippen LogP contribution in [-0.4, -0.2) is 19.6 Å². The summed E-state index contributed by atoms with van der Waals surface area (Å²) in [6, 6.07) is 25.7. The van der Waals surface area contributed by atoms with Gasteiger partial charge in [0, 0.05) is 33.9 Å². The van der Waals surface area contributed by atoms with E-state index < -0.39 is 0 Å². The first-order chi connectivity index (χ1) is 14.3. The number of unbranched alkanes of at least 4 members (excludes halogenated alkanes) is 1. The van der Waals surface area contributed by atoms with Crippen molar-refractivity contribution >= 4 is 21.8 Å². The van der Waals surface area contributed by atoms with E-state index in [2.05, 4.69) is 88.5 Å². The van der Waals surface area contributed by atoms with Gasteiger partial charge in [-0.3, -0.25) is 0 Å². The van der Waals surface area contributed by atoms with E-state index in [-0.39, 0.29) is 0 Å². The van der Waals surface area contributed by atoms with Crippen molar-refractivity contribution in [2.24, 2.45) is 0 Å². The summed E-state index contributed by atoms with van der Waals surface area (Å²) in [4.78, 5) is 0. The fraction of sp³-hybridized carbons (Fsp3) is 0.200. The Morgan fingerprint density at radius 3 is 2.48 bits per heavy atom. The number of para-hydroxylation sites is 1. The molecule has 0 aliphatic rings. The highest BCUT2D eigenvalue weighted by atomic mass is 15.4. The van der Waals surface area contributed by atoms with Crippen LogP contribution in [0.25, 0.3) is 33.1 Å². The van der Waals surface area contributed by atoms with Gasteiger partial charge in [-0.05, 0) is 30.2 Å². The average molecular weight is 380 g/mol. The Morgan fingerprint density at radius 1 is 0.828 bits per heavy atom. The fourth-order valence-electron chi connectivity index (χ4n) is 4.05. The zero-order valence-electron chi connectivity index (χ0n) is 16.6. The van der Waals surface area contributed by atoms with Gasteiger partial charge < -0.3 is 4.57 Å². The Kier molecular flexibility index (Phi) is 4.60. The number of nitrogens with zero attached hydrogens (tertiary/aromatic N) is 4. The van der Waals surface area contributed by atoms with Crippen molar-refractivity contribution in [2.45, 2.75) is 32.9 Å². The van der Waals surface area contributed by atoms with Crippen molar-refractivity contribution < 1.29 is 0 Å². The predicted molar refractivity (Wildman–Crippen MR) is 119 cm³/mol. The third kappa shape index (κ3) is 3.31. The molecule has 2 aromatic heterocycles. The molecule has 0 spiro atoms. The van der Waals surface area contributed by atoms with Crippen molar-refractivity contribution in [2.75, 3.05) is 0 Å². The molecule has 29 heavy (non-hydrogen) atoms. The van der Waals surface area contributed by atoms with Crippen molar-refractivity contribution in [1.29, 1.82) is 0 Å². The normalized spacial score (nSPS) is 11.5. The van der Waals surface area contributed by atoms with Gasteiger partial charge in [-0.15, -0.1) is 5.10 Å². The molecule has 0 N–H and O–H groups in total. The van der Waals surface area contributed by atoms with Crippen molar-refractivity contribution in [3.8, 4) is 11.3 Å². The highest BCUT2D eigenvalue weighted by molar-refractivity contribution is 6.09. The lowest BCUT2D eigenvalue weighted by Crippen LogP contribution is -1.99. The van der Waals surface area contributed by atoms with Crippen LogP contribution in [0.5, 0.6) is 0 Å². The van der Waals surface area contributed by atoms with Crippen LogP contribution >= 0.6 is 0 Å². The third-order valence-electron chi connectivity index (χ3n) is 5.53. The quantitative estimate of drug-likeness (QED) is 0.367. The number of aromatic nitrogens is 4. The van der Waals surface area contributed by atoms with Gasteiger partial charge in [0.2, 0.25) is 0 Å². The minimum absolute atomic E-state index is 0.729. The topological polar surface area (TPSA) is 35.6 Å². The molecule has 3 aromatic carbocycles. The van der Waals surface area contributed by atoms with E-state index in [4.69, 9.17) is 0 Å². The van der Waals surface area contributed by atoms with E-state index >= 15 is 0 Å². The van der Waals surface area contributed by atoms with Crippen LogP contribution in [0, 0.1) is 0 Å². The molecule has 0 amide bonds. The van der Waals surface area contributed by atoms with Gasteiger partial charge in [0.15, 0.2) is 0 Å². The Balaban J connectivity index is 1.54. The standard InChI is InChI=1S/C25H24N4/c1-2-3-15-29-24-12-8-7-11-21(24)22-16-20(13-14-25(22)29)23-18-28(27-26-23)17-19-9-5-4-6-10-19/h4-14,16,18H,2-3,15,17H2,1H3. The Hall–Kier alpha value is -3.40. The van der Waals surface area contributed by atoms with Crippen LogP contribution in [-0.2, 0) is 13.1 Å². The second-order valence-corrected chi connectivity index (χ2v) is 7.54. The number of fused-ring (bicyclic) bond motifs is 3. The summed E-state index contributed by atoms with van der Waals surface area (Å²) in [7, 11) is 0. The summed E-state index contributed by atoms with van der Waals surface area (Å²) >= 11 is 0. The van der Waals surface area contributed by atoms with E-state index in [9.17, 15) is 0 Å². The van der Waals surface area contributed by atoms with E-state index in [0.29, 0.717) is 0 Å².